The third-order valence-electron chi connectivity index (χ3n) is 4.25. The van der Waals surface area contributed by atoms with Gasteiger partial charge in [0.25, 0.3) is 0 Å². The Morgan fingerprint density at radius 3 is 2.59 bits per heavy atom. The summed E-state index contributed by atoms with van der Waals surface area (Å²) in [5.74, 6) is 0.0592. The summed E-state index contributed by atoms with van der Waals surface area (Å²) in [5, 5.41) is 17.6. The van der Waals surface area contributed by atoms with E-state index < -0.39 is 11.7 Å². The Bertz CT molecular complexity index is 809. The van der Waals surface area contributed by atoms with Gasteiger partial charge in [0.1, 0.15) is 23.1 Å². The van der Waals surface area contributed by atoms with Crippen LogP contribution < -0.4 is 16.0 Å². The topological polar surface area (TPSA) is 98.5 Å². The van der Waals surface area contributed by atoms with Gasteiger partial charge >= 0.3 is 6.18 Å². The number of nitriles is 1. The lowest BCUT2D eigenvalue weighted by Gasteiger charge is -2.23. The molecule has 3 N–H and O–H groups in total. The van der Waals surface area contributed by atoms with Crippen molar-refractivity contribution in [2.45, 2.75) is 19.0 Å². The molecular weight excluding hydrogens is 359 g/mol. The number of anilines is 3. The van der Waals surface area contributed by atoms with Crippen LogP contribution >= 0.6 is 0 Å². The zero-order valence-corrected chi connectivity index (χ0v) is 14.3. The SMILES string of the molecule is N#Cc1ccc(Nc2ncc(C(F)(F)F)c(NCC3CCNCC3)n2)cn1. The molecule has 0 spiro atoms. The van der Waals surface area contributed by atoms with Crippen LogP contribution in [0, 0.1) is 17.2 Å². The van der Waals surface area contributed by atoms with E-state index in [1.54, 1.807) is 6.07 Å². The van der Waals surface area contributed by atoms with Gasteiger partial charge in [0, 0.05) is 12.7 Å². The Morgan fingerprint density at radius 2 is 1.96 bits per heavy atom. The fourth-order valence-corrected chi connectivity index (χ4v) is 2.77. The summed E-state index contributed by atoms with van der Waals surface area (Å²) in [7, 11) is 0. The van der Waals surface area contributed by atoms with Gasteiger partial charge in [-0.25, -0.2) is 9.97 Å². The lowest BCUT2D eigenvalue weighted by molar-refractivity contribution is -0.137. The van der Waals surface area contributed by atoms with E-state index in [1.807, 2.05) is 6.07 Å². The Morgan fingerprint density at radius 1 is 1.19 bits per heavy atom. The van der Waals surface area contributed by atoms with Crippen molar-refractivity contribution in [1.29, 1.82) is 5.26 Å². The number of halogens is 3. The molecule has 1 aliphatic rings. The number of hydrogen-bond donors (Lipinski definition) is 3. The predicted octanol–water partition coefficient (Wildman–Crippen LogP) is 2.92. The van der Waals surface area contributed by atoms with Crippen molar-refractivity contribution >= 4 is 17.5 Å². The zero-order chi connectivity index (χ0) is 19.3. The number of piperidine rings is 1. The molecule has 0 radical (unpaired) electrons. The zero-order valence-electron chi connectivity index (χ0n) is 14.3. The largest absolute Gasteiger partial charge is 0.421 e. The molecule has 1 fully saturated rings. The number of alkyl halides is 3. The molecular formula is C17H18F3N7. The summed E-state index contributed by atoms with van der Waals surface area (Å²) in [5.41, 5.74) is -0.198. The van der Waals surface area contributed by atoms with Gasteiger partial charge in [-0.15, -0.1) is 0 Å². The van der Waals surface area contributed by atoms with Crippen LogP contribution in [0.1, 0.15) is 24.1 Å². The summed E-state index contributed by atoms with van der Waals surface area (Å²) in [6.07, 6.45) is -0.591. The van der Waals surface area contributed by atoms with Crippen LogP contribution in [-0.2, 0) is 6.18 Å². The third-order valence-corrected chi connectivity index (χ3v) is 4.25. The number of pyridine rings is 1. The highest BCUT2D eigenvalue weighted by atomic mass is 19.4. The molecule has 1 aliphatic heterocycles. The Hall–Kier alpha value is -2.93. The highest BCUT2D eigenvalue weighted by Crippen LogP contribution is 2.34. The van der Waals surface area contributed by atoms with Crippen molar-refractivity contribution in [3.8, 4) is 6.07 Å². The Labute approximate surface area is 154 Å². The Kier molecular flexibility index (Phi) is 5.71. The smallest absolute Gasteiger partial charge is 0.369 e. The van der Waals surface area contributed by atoms with E-state index in [4.69, 9.17) is 5.26 Å². The second-order valence-corrected chi connectivity index (χ2v) is 6.20. The molecule has 3 heterocycles. The van der Waals surface area contributed by atoms with Crippen LogP contribution in [0.2, 0.25) is 0 Å². The van der Waals surface area contributed by atoms with Gasteiger partial charge in [0.15, 0.2) is 0 Å². The molecule has 7 nitrogen and oxygen atoms in total. The highest BCUT2D eigenvalue weighted by molar-refractivity contribution is 5.56. The molecule has 1 saturated heterocycles. The second kappa shape index (κ2) is 8.18. The van der Waals surface area contributed by atoms with Gasteiger partial charge in [-0.05, 0) is 44.0 Å². The van der Waals surface area contributed by atoms with Crippen molar-refractivity contribution in [1.82, 2.24) is 20.3 Å². The number of hydrogen-bond acceptors (Lipinski definition) is 7. The lowest BCUT2D eigenvalue weighted by atomic mass is 9.98. The van der Waals surface area contributed by atoms with E-state index >= 15 is 0 Å². The van der Waals surface area contributed by atoms with Crippen LogP contribution in [0.4, 0.5) is 30.6 Å². The molecule has 2 aromatic heterocycles. The quantitative estimate of drug-likeness (QED) is 0.737. The third kappa shape index (κ3) is 5.04. The second-order valence-electron chi connectivity index (χ2n) is 6.20. The molecule has 0 saturated carbocycles. The van der Waals surface area contributed by atoms with Gasteiger partial charge in [0.05, 0.1) is 11.9 Å². The Balaban J connectivity index is 1.77. The summed E-state index contributed by atoms with van der Waals surface area (Å²) in [6, 6.07) is 4.96. The van der Waals surface area contributed by atoms with Gasteiger partial charge < -0.3 is 16.0 Å². The van der Waals surface area contributed by atoms with Crippen LogP contribution in [0.15, 0.2) is 24.5 Å². The minimum absolute atomic E-state index is 0.0160. The molecule has 27 heavy (non-hydrogen) atoms. The maximum Gasteiger partial charge on any atom is 0.421 e. The molecule has 0 atom stereocenters. The molecule has 0 unspecified atom stereocenters. The molecule has 0 aliphatic carbocycles. The number of nitrogens with one attached hydrogen (secondary N) is 3. The molecule has 3 rings (SSSR count). The van der Waals surface area contributed by atoms with Crippen LogP contribution in [-0.4, -0.2) is 34.6 Å². The van der Waals surface area contributed by atoms with E-state index in [0.29, 0.717) is 18.2 Å². The van der Waals surface area contributed by atoms with Gasteiger partial charge in [-0.3, -0.25) is 0 Å². The summed E-state index contributed by atoms with van der Waals surface area (Å²) in [6.45, 7) is 2.14. The van der Waals surface area contributed by atoms with Crippen LogP contribution in [0.25, 0.3) is 0 Å². The van der Waals surface area contributed by atoms with Crippen molar-refractivity contribution in [2.24, 2.45) is 5.92 Å². The first-order valence-corrected chi connectivity index (χ1v) is 8.47. The summed E-state index contributed by atoms with van der Waals surface area (Å²) >= 11 is 0. The molecule has 142 valence electrons. The summed E-state index contributed by atoms with van der Waals surface area (Å²) in [4.78, 5) is 11.6. The fourth-order valence-electron chi connectivity index (χ4n) is 2.77. The maximum absolute atomic E-state index is 13.3. The molecule has 10 heteroatoms. The van der Waals surface area contributed by atoms with Crippen LogP contribution in [0.3, 0.4) is 0 Å². The minimum Gasteiger partial charge on any atom is -0.369 e. The van der Waals surface area contributed by atoms with Crippen molar-refractivity contribution in [3.05, 3.63) is 35.8 Å². The van der Waals surface area contributed by atoms with Crippen LogP contribution in [0.5, 0.6) is 0 Å². The standard InChI is InChI=1S/C17H18F3N7/c18-17(19,20)14-10-25-16(26-13-2-1-12(7-21)23-9-13)27-15(14)24-8-11-3-5-22-6-4-11/h1-2,9-11,22H,3-6,8H2,(H2,24,25,26,27). The monoisotopic (exact) mass is 377 g/mol. The lowest BCUT2D eigenvalue weighted by Crippen LogP contribution is -2.31. The predicted molar refractivity (Wildman–Crippen MR) is 93.4 cm³/mol. The molecule has 0 bridgehead atoms. The van der Waals surface area contributed by atoms with Gasteiger partial charge in [0.2, 0.25) is 5.95 Å². The van der Waals surface area contributed by atoms with Crippen molar-refractivity contribution < 1.29 is 13.2 Å². The maximum atomic E-state index is 13.3. The highest BCUT2D eigenvalue weighted by Gasteiger charge is 2.35. The van der Waals surface area contributed by atoms with Gasteiger partial charge in [-0.1, -0.05) is 0 Å². The number of aromatic nitrogens is 3. The van der Waals surface area contributed by atoms with E-state index in [-0.39, 0.29) is 17.5 Å². The molecule has 0 aromatic carbocycles. The van der Waals surface area contributed by atoms with E-state index in [9.17, 15) is 13.2 Å². The average molecular weight is 377 g/mol. The first kappa shape index (κ1) is 18.8. The first-order chi connectivity index (χ1) is 13.0. The molecule has 0 amide bonds. The number of rotatable bonds is 5. The fraction of sp³-hybridized carbons (Fsp3) is 0.412. The first-order valence-electron chi connectivity index (χ1n) is 8.47. The minimum atomic E-state index is -4.55. The normalized spacial score (nSPS) is 15.2. The van der Waals surface area contributed by atoms with E-state index in [0.717, 1.165) is 32.1 Å². The summed E-state index contributed by atoms with van der Waals surface area (Å²) < 4.78 is 39.8. The molecule has 2 aromatic rings. The number of nitrogens with zero attached hydrogens (tertiary/aromatic N) is 4. The van der Waals surface area contributed by atoms with E-state index in [2.05, 4.69) is 30.9 Å². The average Bonchev–Trinajstić information content (AvgIpc) is 2.67. The van der Waals surface area contributed by atoms with E-state index in [1.165, 1.54) is 12.3 Å². The van der Waals surface area contributed by atoms with Crippen molar-refractivity contribution in [3.63, 3.8) is 0 Å². The van der Waals surface area contributed by atoms with Gasteiger partial charge in [-0.2, -0.15) is 23.4 Å². The van der Waals surface area contributed by atoms with Crippen molar-refractivity contribution in [2.75, 3.05) is 30.3 Å².